The van der Waals surface area contributed by atoms with E-state index in [2.05, 4.69) is 33.1 Å². The fourth-order valence-corrected chi connectivity index (χ4v) is 4.34. The molecule has 1 amide bonds. The standard InChI is InChI=1S/C20H28NO5.C13H9O2.Co.O/c1-6-26-18(24)20(4,14-19(2,3)17(23)25-5)13-12-16(22)21-15-10-8-7-9-11-15;14-12-9-5-4-8-11(12)13(15)10-6-2-1-3-7-10;;/h8-11H,6,12-14H2,1-5H3,(H,21,22);1-4,6-9,15H;;/q2*-1;;. The van der Waals surface area contributed by atoms with E-state index in [-0.39, 0.29) is 43.3 Å². The van der Waals surface area contributed by atoms with Crippen molar-refractivity contribution in [3.05, 3.63) is 96.1 Å². The van der Waals surface area contributed by atoms with Gasteiger partial charge in [-0.15, -0.1) is 18.2 Å². The van der Waals surface area contributed by atoms with Gasteiger partial charge in [-0.2, -0.15) is 36.4 Å². The Hall–Kier alpha value is -4.15. The van der Waals surface area contributed by atoms with Gasteiger partial charge in [-0.25, -0.2) is 0 Å². The zero-order valence-electron chi connectivity index (χ0n) is 24.9. The normalized spacial score (nSPS) is 14.5. The molecule has 1 unspecified atom stereocenters. The van der Waals surface area contributed by atoms with Crippen LogP contribution in [0.15, 0.2) is 78.4 Å². The van der Waals surface area contributed by atoms with Gasteiger partial charge in [0.2, 0.25) is 5.91 Å². The fraction of sp³-hybridized carbons (Fsp3) is 0.333. The van der Waals surface area contributed by atoms with Crippen LogP contribution in [0.25, 0.3) is 5.76 Å². The fourth-order valence-electron chi connectivity index (χ4n) is 4.34. The summed E-state index contributed by atoms with van der Waals surface area (Å²) >= 11 is 2.31. The van der Waals surface area contributed by atoms with Crippen LogP contribution < -0.4 is 5.32 Å². The molecule has 0 aromatic heterocycles. The number of aliphatic hydroxyl groups excluding tert-OH is 1. The Labute approximate surface area is 260 Å². The number of carbonyl (C=O) groups is 4. The number of rotatable bonds is 10. The second kappa shape index (κ2) is 18.4. The molecule has 2 N–H and O–H groups in total. The predicted molar refractivity (Wildman–Crippen MR) is 157 cm³/mol. The topological polar surface area (TPSA) is 136 Å². The molecule has 1 aliphatic carbocycles. The summed E-state index contributed by atoms with van der Waals surface area (Å²) in [7, 11) is 1.32. The van der Waals surface area contributed by atoms with Crippen molar-refractivity contribution in [2.24, 2.45) is 10.8 Å². The van der Waals surface area contributed by atoms with E-state index in [1.54, 1.807) is 76.2 Å². The number of allylic oxidation sites excluding steroid dienone is 5. The van der Waals surface area contributed by atoms with Crippen molar-refractivity contribution in [3.8, 4) is 0 Å². The maximum absolute atomic E-state index is 12.5. The molecule has 0 bridgehead atoms. The number of ether oxygens (including phenoxy) is 2. The summed E-state index contributed by atoms with van der Waals surface area (Å²) < 4.78 is 18.0. The molecule has 9 nitrogen and oxygen atoms in total. The van der Waals surface area contributed by atoms with E-state index in [0.717, 1.165) is 0 Å². The van der Waals surface area contributed by atoms with Gasteiger partial charge in [0, 0.05) is 12.0 Å². The van der Waals surface area contributed by atoms with E-state index < -0.39 is 22.8 Å². The Balaban J connectivity index is 0.000000457. The average Bonchev–Trinajstić information content (AvgIpc) is 3.01. The number of aliphatic hydroxyl groups is 1. The monoisotopic (exact) mass is 634 g/mol. The molecule has 2 aromatic carbocycles. The zero-order valence-corrected chi connectivity index (χ0v) is 25.9. The minimum absolute atomic E-state index is 0.00889. The number of hydrogen-bond donors (Lipinski definition) is 2. The summed E-state index contributed by atoms with van der Waals surface area (Å²) in [6.45, 7) is 7.12. The number of anilines is 1. The van der Waals surface area contributed by atoms with Crippen molar-refractivity contribution in [1.29, 1.82) is 0 Å². The molecule has 0 saturated carbocycles. The first-order valence-corrected chi connectivity index (χ1v) is 13.8. The molecular weight excluding hydrogens is 597 g/mol. The number of amides is 1. The summed E-state index contributed by atoms with van der Waals surface area (Å²) in [5.41, 5.74) is -0.237. The number of methoxy groups -OCH3 is 1. The van der Waals surface area contributed by atoms with Crippen molar-refractivity contribution in [2.75, 3.05) is 19.0 Å². The Morgan fingerprint density at radius 3 is 2.19 bits per heavy atom. The predicted octanol–water partition coefficient (Wildman–Crippen LogP) is 5.70. The van der Waals surface area contributed by atoms with Gasteiger partial charge in [-0.05, 0) is 46.1 Å². The molecule has 2 aromatic rings. The van der Waals surface area contributed by atoms with Gasteiger partial charge in [0.1, 0.15) is 5.76 Å². The van der Waals surface area contributed by atoms with Crippen LogP contribution in [0.5, 0.6) is 0 Å². The first-order valence-electron chi connectivity index (χ1n) is 13.4. The molecule has 233 valence electrons. The average molecular weight is 635 g/mol. The number of nitrogens with one attached hydrogen (secondary N) is 1. The molecule has 1 aliphatic rings. The van der Waals surface area contributed by atoms with Crippen molar-refractivity contribution < 1.29 is 53.3 Å². The van der Waals surface area contributed by atoms with Crippen LogP contribution in [-0.2, 0) is 48.2 Å². The van der Waals surface area contributed by atoms with Crippen molar-refractivity contribution >= 4 is 35.1 Å². The van der Waals surface area contributed by atoms with Crippen LogP contribution in [-0.4, -0.2) is 42.5 Å². The molecule has 0 saturated heterocycles. The van der Waals surface area contributed by atoms with Gasteiger partial charge in [-0.3, -0.25) is 14.4 Å². The Morgan fingerprint density at radius 2 is 1.63 bits per heavy atom. The van der Waals surface area contributed by atoms with Crippen molar-refractivity contribution in [1.82, 2.24) is 0 Å². The maximum atomic E-state index is 12.5. The third-order valence-corrected chi connectivity index (χ3v) is 6.37. The van der Waals surface area contributed by atoms with Gasteiger partial charge in [-0.1, -0.05) is 36.0 Å². The minimum atomic E-state index is -0.977. The molecule has 0 fully saturated rings. The molecule has 10 heteroatoms. The quantitative estimate of drug-likeness (QED) is 0.147. The molecule has 1 atom stereocenters. The molecule has 0 aliphatic heterocycles. The second-order valence-electron chi connectivity index (χ2n) is 10.3. The van der Waals surface area contributed by atoms with Crippen LogP contribution in [0.2, 0.25) is 0 Å². The Bertz CT molecular complexity index is 1320. The van der Waals surface area contributed by atoms with Gasteiger partial charge in [0.05, 0.1) is 30.3 Å². The van der Waals surface area contributed by atoms with Gasteiger partial charge < -0.3 is 24.7 Å². The number of ketones is 1. The molecule has 3 rings (SSSR count). The van der Waals surface area contributed by atoms with Crippen LogP contribution >= 0.6 is 0 Å². The molecule has 0 spiro atoms. The van der Waals surface area contributed by atoms with E-state index in [4.69, 9.17) is 13.3 Å². The third-order valence-electron chi connectivity index (χ3n) is 6.37. The zero-order chi connectivity index (χ0) is 32.5. The van der Waals surface area contributed by atoms with Gasteiger partial charge >= 0.3 is 31.5 Å². The molecule has 43 heavy (non-hydrogen) atoms. The first-order chi connectivity index (χ1) is 20.4. The summed E-state index contributed by atoms with van der Waals surface area (Å²) in [5, 5.41) is 12.7. The SMILES string of the molecule is CCOC(=O)C(C)(CCC(=O)Nc1cc[c-]cc1)CC(C)(C)C(=O)OC.O=C1C=[C-]C=CC1=C(O)c1ccccc1.[O]=[Co]. The van der Waals surface area contributed by atoms with Crippen LogP contribution in [0.1, 0.15) is 52.5 Å². The van der Waals surface area contributed by atoms with Crippen LogP contribution in [0.4, 0.5) is 5.69 Å². The summed E-state index contributed by atoms with van der Waals surface area (Å²) in [4.78, 5) is 48.2. The van der Waals surface area contributed by atoms with Gasteiger partial charge in [0.15, 0.2) is 0 Å². The van der Waals surface area contributed by atoms with E-state index in [1.807, 2.05) is 18.2 Å². The van der Waals surface area contributed by atoms with E-state index in [9.17, 15) is 24.3 Å². The first kappa shape index (κ1) is 36.9. The number of hydrogen-bond acceptors (Lipinski definition) is 8. The van der Waals surface area contributed by atoms with Crippen molar-refractivity contribution in [2.45, 2.75) is 47.0 Å². The summed E-state index contributed by atoms with van der Waals surface area (Å²) in [6, 6.07) is 18.8. The van der Waals surface area contributed by atoms with Crippen molar-refractivity contribution in [3.63, 3.8) is 0 Å². The van der Waals surface area contributed by atoms with E-state index >= 15 is 0 Å². The summed E-state index contributed by atoms with van der Waals surface area (Å²) in [5.74, 6) is -1.24. The molecule has 0 radical (unpaired) electrons. The number of esters is 2. The second-order valence-corrected chi connectivity index (χ2v) is 10.3. The third kappa shape index (κ3) is 11.9. The van der Waals surface area contributed by atoms with E-state index in [1.165, 1.54) is 13.2 Å². The van der Waals surface area contributed by atoms with Crippen LogP contribution in [0.3, 0.4) is 0 Å². The molecular formula is C33H37CoNO8-2. The molecule has 0 heterocycles. The van der Waals surface area contributed by atoms with Crippen LogP contribution in [0, 0.1) is 23.0 Å². The van der Waals surface area contributed by atoms with E-state index in [0.29, 0.717) is 16.8 Å². The summed E-state index contributed by atoms with van der Waals surface area (Å²) in [6.07, 6.45) is 7.76. The Morgan fingerprint density at radius 1 is 1.00 bits per heavy atom. The number of benzene rings is 2. The van der Waals surface area contributed by atoms with Gasteiger partial charge in [0.25, 0.3) is 0 Å². The number of carbonyl (C=O) groups excluding carboxylic acids is 4. The Kier molecular flexibility index (Phi) is 15.8.